The van der Waals surface area contributed by atoms with E-state index in [9.17, 15) is 0 Å². The van der Waals surface area contributed by atoms with Gasteiger partial charge in [-0.05, 0) is 44.9 Å². The first-order chi connectivity index (χ1) is 17.3. The molecule has 35 heavy (non-hydrogen) atoms. The van der Waals surface area contributed by atoms with Crippen molar-refractivity contribution in [2.75, 3.05) is 19.8 Å². The van der Waals surface area contributed by atoms with E-state index in [4.69, 9.17) is 14.6 Å². The molecule has 210 valence electrons. The molecule has 0 radical (unpaired) electrons. The Hall–Kier alpha value is -0.380. The maximum Gasteiger partial charge on any atom is 0.157 e. The lowest BCUT2D eigenvalue weighted by atomic mass is 10.0. The first-order valence-electron chi connectivity index (χ1n) is 15.8. The average molecular weight is 497 g/mol. The number of allylic oxidation sites excluding steroid dienone is 1. The Kier molecular flexibility index (Phi) is 31.3. The summed E-state index contributed by atoms with van der Waals surface area (Å²) in [5.41, 5.74) is 0. The van der Waals surface area contributed by atoms with Crippen molar-refractivity contribution >= 4 is 0 Å². The monoisotopic (exact) mass is 496 g/mol. The fourth-order valence-electron chi connectivity index (χ4n) is 4.53. The third kappa shape index (κ3) is 29.7. The van der Waals surface area contributed by atoms with E-state index in [1.165, 1.54) is 141 Å². The zero-order valence-electron chi connectivity index (χ0n) is 24.1. The molecule has 0 aliphatic carbocycles. The standard InChI is InChI=1S/C32H64O3/c1-3-5-7-22-26-30-34-32(35-31-27-23-8-6-4-2)28-24-20-18-16-14-12-10-9-11-13-15-17-19-21-25-29-33/h19,21,32-33H,3-18,20,22-31H2,1-2H3/b21-19+. The molecule has 0 aromatic heterocycles. The van der Waals surface area contributed by atoms with Crippen LogP contribution in [0.15, 0.2) is 12.2 Å². The van der Waals surface area contributed by atoms with Gasteiger partial charge in [0.05, 0.1) is 0 Å². The quantitative estimate of drug-likeness (QED) is 0.0610. The van der Waals surface area contributed by atoms with Crippen molar-refractivity contribution in [3.8, 4) is 0 Å². The first kappa shape index (κ1) is 34.6. The van der Waals surface area contributed by atoms with Gasteiger partial charge in [-0.25, -0.2) is 0 Å². The molecule has 0 spiro atoms. The van der Waals surface area contributed by atoms with Gasteiger partial charge in [0.2, 0.25) is 0 Å². The van der Waals surface area contributed by atoms with Crippen LogP contribution in [0.5, 0.6) is 0 Å². The number of ether oxygens (including phenoxy) is 2. The van der Waals surface area contributed by atoms with Crippen molar-refractivity contribution in [2.24, 2.45) is 0 Å². The van der Waals surface area contributed by atoms with Crippen LogP contribution >= 0.6 is 0 Å². The van der Waals surface area contributed by atoms with Crippen molar-refractivity contribution in [2.45, 2.75) is 174 Å². The number of aliphatic hydroxyl groups is 1. The second-order valence-electron chi connectivity index (χ2n) is 10.4. The van der Waals surface area contributed by atoms with Gasteiger partial charge in [0.25, 0.3) is 0 Å². The average Bonchev–Trinajstić information content (AvgIpc) is 2.87. The molecule has 0 aliphatic rings. The molecule has 0 unspecified atom stereocenters. The van der Waals surface area contributed by atoms with Crippen molar-refractivity contribution in [3.63, 3.8) is 0 Å². The van der Waals surface area contributed by atoms with Crippen LogP contribution in [-0.4, -0.2) is 31.2 Å². The lowest BCUT2D eigenvalue weighted by Gasteiger charge is -2.19. The second-order valence-corrected chi connectivity index (χ2v) is 10.4. The fraction of sp³-hybridized carbons (Fsp3) is 0.938. The Labute approximate surface area is 220 Å². The maximum absolute atomic E-state index is 8.74. The van der Waals surface area contributed by atoms with Gasteiger partial charge in [-0.3, -0.25) is 0 Å². The van der Waals surface area contributed by atoms with Crippen molar-refractivity contribution < 1.29 is 14.6 Å². The molecular weight excluding hydrogens is 432 g/mol. The third-order valence-corrected chi connectivity index (χ3v) is 6.88. The Morgan fingerprint density at radius 1 is 0.486 bits per heavy atom. The fourth-order valence-corrected chi connectivity index (χ4v) is 4.53. The molecule has 1 N–H and O–H groups in total. The normalized spacial score (nSPS) is 11.9. The highest BCUT2D eigenvalue weighted by Gasteiger charge is 2.09. The van der Waals surface area contributed by atoms with Crippen LogP contribution in [0.3, 0.4) is 0 Å². The van der Waals surface area contributed by atoms with E-state index in [0.717, 1.165) is 26.1 Å². The molecule has 0 aliphatic heterocycles. The highest BCUT2D eigenvalue weighted by Crippen LogP contribution is 2.15. The summed E-state index contributed by atoms with van der Waals surface area (Å²) in [7, 11) is 0. The Balaban J connectivity index is 3.65. The summed E-state index contributed by atoms with van der Waals surface area (Å²) in [6, 6.07) is 0. The van der Waals surface area contributed by atoms with E-state index >= 15 is 0 Å². The molecule has 3 heteroatoms. The molecule has 0 aromatic carbocycles. The van der Waals surface area contributed by atoms with Gasteiger partial charge in [0, 0.05) is 19.8 Å². The van der Waals surface area contributed by atoms with Gasteiger partial charge >= 0.3 is 0 Å². The molecule has 0 atom stereocenters. The molecule has 3 nitrogen and oxygen atoms in total. The van der Waals surface area contributed by atoms with Gasteiger partial charge < -0.3 is 14.6 Å². The number of rotatable bonds is 30. The van der Waals surface area contributed by atoms with Crippen LogP contribution in [0, 0.1) is 0 Å². The summed E-state index contributed by atoms with van der Waals surface area (Å²) in [5, 5.41) is 8.74. The number of unbranched alkanes of at least 4 members (excludes halogenated alkanes) is 19. The Bertz CT molecular complexity index is 380. The van der Waals surface area contributed by atoms with Crippen LogP contribution in [0.4, 0.5) is 0 Å². The summed E-state index contributed by atoms with van der Waals surface area (Å²) in [6.07, 6.45) is 35.3. The zero-order valence-corrected chi connectivity index (χ0v) is 24.1. The number of hydrogen-bond acceptors (Lipinski definition) is 3. The van der Waals surface area contributed by atoms with Gasteiger partial charge in [0.1, 0.15) is 0 Å². The molecule has 0 heterocycles. The lowest BCUT2D eigenvalue weighted by Crippen LogP contribution is -2.19. The van der Waals surface area contributed by atoms with E-state index in [-0.39, 0.29) is 12.9 Å². The summed E-state index contributed by atoms with van der Waals surface area (Å²) in [6.45, 7) is 6.55. The highest BCUT2D eigenvalue weighted by molar-refractivity contribution is 4.80. The molecule has 0 fully saturated rings. The van der Waals surface area contributed by atoms with E-state index in [0.29, 0.717) is 0 Å². The topological polar surface area (TPSA) is 38.7 Å². The van der Waals surface area contributed by atoms with Gasteiger partial charge in [-0.2, -0.15) is 0 Å². The zero-order chi connectivity index (χ0) is 25.5. The predicted octanol–water partition coefficient (Wildman–Crippen LogP) is 10.3. The van der Waals surface area contributed by atoms with E-state index in [2.05, 4.69) is 26.0 Å². The molecule has 0 saturated heterocycles. The summed E-state index contributed by atoms with van der Waals surface area (Å²) in [5.74, 6) is 0. The van der Waals surface area contributed by atoms with Gasteiger partial charge in [-0.15, -0.1) is 0 Å². The van der Waals surface area contributed by atoms with Crippen LogP contribution < -0.4 is 0 Å². The van der Waals surface area contributed by atoms with Crippen LogP contribution in [0.1, 0.15) is 168 Å². The van der Waals surface area contributed by atoms with Crippen molar-refractivity contribution in [1.29, 1.82) is 0 Å². The Morgan fingerprint density at radius 2 is 0.886 bits per heavy atom. The minimum atomic E-state index is 0.0255. The van der Waals surface area contributed by atoms with E-state index < -0.39 is 0 Å². The second kappa shape index (κ2) is 31.6. The van der Waals surface area contributed by atoms with E-state index in [1.54, 1.807) is 0 Å². The van der Waals surface area contributed by atoms with Crippen LogP contribution in [0.2, 0.25) is 0 Å². The van der Waals surface area contributed by atoms with Gasteiger partial charge in [0.15, 0.2) is 6.29 Å². The largest absolute Gasteiger partial charge is 0.396 e. The van der Waals surface area contributed by atoms with Gasteiger partial charge in [-0.1, -0.05) is 135 Å². The van der Waals surface area contributed by atoms with Crippen LogP contribution in [0.25, 0.3) is 0 Å². The van der Waals surface area contributed by atoms with Crippen LogP contribution in [-0.2, 0) is 9.47 Å². The number of hydrogen-bond donors (Lipinski definition) is 1. The summed E-state index contributed by atoms with van der Waals surface area (Å²) >= 11 is 0. The van der Waals surface area contributed by atoms with Crippen molar-refractivity contribution in [3.05, 3.63) is 12.2 Å². The molecule has 0 saturated carbocycles. The first-order valence-corrected chi connectivity index (χ1v) is 15.8. The predicted molar refractivity (Wildman–Crippen MR) is 154 cm³/mol. The Morgan fingerprint density at radius 3 is 1.37 bits per heavy atom. The maximum atomic E-state index is 8.74. The minimum absolute atomic E-state index is 0.0255. The molecule has 0 aromatic rings. The molecule has 0 bridgehead atoms. The highest BCUT2D eigenvalue weighted by atomic mass is 16.7. The van der Waals surface area contributed by atoms with E-state index in [1.807, 2.05) is 0 Å². The molecular formula is C32H64O3. The molecule has 0 amide bonds. The number of aliphatic hydroxyl groups excluding tert-OH is 1. The molecule has 0 rings (SSSR count). The smallest absolute Gasteiger partial charge is 0.157 e. The SMILES string of the molecule is CCCCCCCOC(CCCCCCCCCCCCC/C=C/CCO)OCCCCCCC. The summed E-state index contributed by atoms with van der Waals surface area (Å²) < 4.78 is 12.3. The van der Waals surface area contributed by atoms with Crippen molar-refractivity contribution in [1.82, 2.24) is 0 Å². The minimum Gasteiger partial charge on any atom is -0.396 e. The lowest BCUT2D eigenvalue weighted by molar-refractivity contribution is -0.148. The summed E-state index contributed by atoms with van der Waals surface area (Å²) in [4.78, 5) is 0. The third-order valence-electron chi connectivity index (χ3n) is 6.88.